The van der Waals surface area contributed by atoms with Gasteiger partial charge < -0.3 is 8.85 Å². The SMILES string of the molecule is CO[Si](NC1CCCC1Br)(NC1CCCC1Br)OC. The van der Waals surface area contributed by atoms with E-state index in [0.717, 1.165) is 0 Å². The Bertz CT molecular complexity index is 271. The molecule has 2 saturated carbocycles. The summed E-state index contributed by atoms with van der Waals surface area (Å²) in [5.41, 5.74) is 0. The summed E-state index contributed by atoms with van der Waals surface area (Å²) in [6, 6.07) is 0.878. The maximum Gasteiger partial charge on any atom is 0.516 e. The summed E-state index contributed by atoms with van der Waals surface area (Å²) in [6.45, 7) is 0. The average Bonchev–Trinajstić information content (AvgIpc) is 2.99. The van der Waals surface area contributed by atoms with Gasteiger partial charge in [-0.2, -0.15) is 0 Å². The first-order valence-corrected chi connectivity index (χ1v) is 10.7. The molecule has 2 N–H and O–H groups in total. The number of hydrogen-bond acceptors (Lipinski definition) is 4. The fourth-order valence-corrected chi connectivity index (χ4v) is 7.32. The van der Waals surface area contributed by atoms with E-state index in [4.69, 9.17) is 8.85 Å². The second kappa shape index (κ2) is 7.33. The number of rotatable bonds is 6. The third kappa shape index (κ3) is 4.02. The van der Waals surface area contributed by atoms with Crippen molar-refractivity contribution in [3.05, 3.63) is 0 Å². The molecule has 0 aromatic rings. The third-order valence-electron chi connectivity index (χ3n) is 4.19. The van der Waals surface area contributed by atoms with Gasteiger partial charge in [0, 0.05) is 36.0 Å². The Kier molecular flexibility index (Phi) is 6.32. The first-order chi connectivity index (χ1) is 9.10. The van der Waals surface area contributed by atoms with Gasteiger partial charge in [0.2, 0.25) is 0 Å². The molecule has 0 radical (unpaired) electrons. The van der Waals surface area contributed by atoms with Crippen LogP contribution in [0.5, 0.6) is 0 Å². The molecule has 0 bridgehead atoms. The van der Waals surface area contributed by atoms with Gasteiger partial charge in [0.1, 0.15) is 0 Å². The molecule has 2 aliphatic rings. The molecule has 112 valence electrons. The fourth-order valence-electron chi connectivity index (χ4n) is 3.00. The molecule has 4 nitrogen and oxygen atoms in total. The highest BCUT2D eigenvalue weighted by molar-refractivity contribution is 9.09. The lowest BCUT2D eigenvalue weighted by molar-refractivity contribution is 0.201. The molecule has 0 aliphatic heterocycles. The lowest BCUT2D eigenvalue weighted by atomic mass is 10.3. The minimum Gasteiger partial charge on any atom is -0.374 e. The topological polar surface area (TPSA) is 42.5 Å². The molecule has 0 aromatic heterocycles. The number of alkyl halides is 2. The lowest BCUT2D eigenvalue weighted by Gasteiger charge is -2.35. The van der Waals surface area contributed by atoms with E-state index in [9.17, 15) is 0 Å². The molecule has 2 rings (SSSR count). The first kappa shape index (κ1) is 16.4. The highest BCUT2D eigenvalue weighted by Crippen LogP contribution is 2.29. The molecule has 0 saturated heterocycles. The van der Waals surface area contributed by atoms with Crippen LogP contribution in [0.4, 0.5) is 0 Å². The number of halogens is 2. The summed E-state index contributed by atoms with van der Waals surface area (Å²) >= 11 is 7.50. The van der Waals surface area contributed by atoms with Crippen LogP contribution in [0.25, 0.3) is 0 Å². The smallest absolute Gasteiger partial charge is 0.374 e. The Morgan fingerprint density at radius 2 is 1.26 bits per heavy atom. The van der Waals surface area contributed by atoms with Crippen LogP contribution in [0.3, 0.4) is 0 Å². The van der Waals surface area contributed by atoms with E-state index < -0.39 is 8.88 Å². The van der Waals surface area contributed by atoms with E-state index in [2.05, 4.69) is 41.8 Å². The van der Waals surface area contributed by atoms with Gasteiger partial charge in [-0.25, -0.2) is 0 Å². The Morgan fingerprint density at radius 3 is 1.53 bits per heavy atom. The maximum absolute atomic E-state index is 5.76. The second-order valence-electron chi connectivity index (χ2n) is 5.42. The number of hydrogen-bond donors (Lipinski definition) is 2. The Labute approximate surface area is 134 Å². The van der Waals surface area contributed by atoms with Crippen LogP contribution in [-0.2, 0) is 8.85 Å². The van der Waals surface area contributed by atoms with Gasteiger partial charge in [0.15, 0.2) is 0 Å². The van der Waals surface area contributed by atoms with E-state index in [0.29, 0.717) is 21.7 Å². The van der Waals surface area contributed by atoms with Gasteiger partial charge in [0.05, 0.1) is 0 Å². The van der Waals surface area contributed by atoms with Gasteiger partial charge in [-0.05, 0) is 25.7 Å². The van der Waals surface area contributed by atoms with Crippen LogP contribution < -0.4 is 9.96 Å². The highest BCUT2D eigenvalue weighted by Gasteiger charge is 2.45. The third-order valence-corrected chi connectivity index (χ3v) is 9.03. The largest absolute Gasteiger partial charge is 0.516 e. The van der Waals surface area contributed by atoms with Crippen LogP contribution in [0.1, 0.15) is 38.5 Å². The molecule has 4 unspecified atom stereocenters. The van der Waals surface area contributed by atoms with Gasteiger partial charge >= 0.3 is 8.88 Å². The zero-order valence-electron chi connectivity index (χ0n) is 11.6. The minimum absolute atomic E-state index is 0.439. The Hall–Kier alpha value is 1.02. The van der Waals surface area contributed by atoms with Gasteiger partial charge in [-0.1, -0.05) is 44.7 Å². The zero-order chi connectivity index (χ0) is 13.9. The molecule has 0 amide bonds. The number of nitrogens with one attached hydrogen (secondary N) is 2. The highest BCUT2D eigenvalue weighted by atomic mass is 79.9. The quantitative estimate of drug-likeness (QED) is 0.516. The van der Waals surface area contributed by atoms with Gasteiger partial charge in [-0.15, -0.1) is 0 Å². The normalized spacial score (nSPS) is 36.0. The van der Waals surface area contributed by atoms with Crippen molar-refractivity contribution in [2.75, 3.05) is 14.2 Å². The van der Waals surface area contributed by atoms with Crippen LogP contribution in [0.15, 0.2) is 0 Å². The van der Waals surface area contributed by atoms with Crippen LogP contribution in [-0.4, -0.2) is 44.8 Å². The van der Waals surface area contributed by atoms with Crippen molar-refractivity contribution >= 4 is 40.7 Å². The summed E-state index contributed by atoms with van der Waals surface area (Å²) in [7, 11) is 0.967. The predicted molar refractivity (Wildman–Crippen MR) is 86.8 cm³/mol. The van der Waals surface area contributed by atoms with Crippen LogP contribution >= 0.6 is 31.9 Å². The van der Waals surface area contributed by atoms with Crippen molar-refractivity contribution in [1.82, 2.24) is 9.96 Å². The van der Waals surface area contributed by atoms with E-state index in [-0.39, 0.29) is 0 Å². The van der Waals surface area contributed by atoms with E-state index in [1.54, 1.807) is 14.2 Å². The molecule has 0 aromatic carbocycles. The summed E-state index contributed by atoms with van der Waals surface area (Å²) in [4.78, 5) is 8.33. The van der Waals surface area contributed by atoms with Crippen LogP contribution in [0, 0.1) is 0 Å². The van der Waals surface area contributed by atoms with E-state index >= 15 is 0 Å². The van der Waals surface area contributed by atoms with E-state index in [1.807, 2.05) is 0 Å². The summed E-state index contributed by atoms with van der Waals surface area (Å²) in [6.07, 6.45) is 7.33. The monoisotopic (exact) mass is 414 g/mol. The zero-order valence-corrected chi connectivity index (χ0v) is 15.8. The summed E-state index contributed by atoms with van der Waals surface area (Å²) < 4.78 is 11.5. The molecular formula is C12H24Br2N2O2Si. The summed E-state index contributed by atoms with van der Waals surface area (Å²) in [5.74, 6) is 0. The molecule has 2 aliphatic carbocycles. The molecule has 19 heavy (non-hydrogen) atoms. The maximum atomic E-state index is 5.76. The van der Waals surface area contributed by atoms with Crippen molar-refractivity contribution in [1.29, 1.82) is 0 Å². The summed E-state index contributed by atoms with van der Waals surface area (Å²) in [5, 5.41) is 0. The van der Waals surface area contributed by atoms with Crippen molar-refractivity contribution < 1.29 is 8.85 Å². The lowest BCUT2D eigenvalue weighted by Crippen LogP contribution is -2.71. The van der Waals surface area contributed by atoms with Gasteiger partial charge in [0.25, 0.3) is 0 Å². The first-order valence-electron chi connectivity index (χ1n) is 7.04. The molecule has 0 heterocycles. The molecule has 4 atom stereocenters. The predicted octanol–water partition coefficient (Wildman–Crippen LogP) is 2.53. The molecule has 7 heteroatoms. The van der Waals surface area contributed by atoms with Gasteiger partial charge in [-0.3, -0.25) is 9.96 Å². The standard InChI is InChI=1S/C12H24Br2N2O2Si/c1-17-19(18-2,15-11-7-3-5-9(11)13)16-12-8-4-6-10(12)14/h9-12,15-16H,3-8H2,1-2H3. The molecule has 0 spiro atoms. The minimum atomic E-state index is -2.52. The molecular weight excluding hydrogens is 392 g/mol. The van der Waals surface area contributed by atoms with E-state index in [1.165, 1.54) is 38.5 Å². The average molecular weight is 416 g/mol. The van der Waals surface area contributed by atoms with Crippen LogP contribution in [0.2, 0.25) is 0 Å². The Morgan fingerprint density at radius 1 is 0.842 bits per heavy atom. The Balaban J connectivity index is 1.99. The van der Waals surface area contributed by atoms with Crippen molar-refractivity contribution in [2.24, 2.45) is 0 Å². The van der Waals surface area contributed by atoms with Crippen molar-refractivity contribution in [3.8, 4) is 0 Å². The van der Waals surface area contributed by atoms with Crippen molar-refractivity contribution in [2.45, 2.75) is 60.3 Å². The fraction of sp³-hybridized carbons (Fsp3) is 1.00. The second-order valence-corrected chi connectivity index (χ2v) is 10.4. The molecule has 2 fully saturated rings. The van der Waals surface area contributed by atoms with Crippen molar-refractivity contribution in [3.63, 3.8) is 0 Å².